The zero-order valence-corrected chi connectivity index (χ0v) is 17.3. The van der Waals surface area contributed by atoms with Gasteiger partial charge in [0, 0.05) is 25.1 Å². The Labute approximate surface area is 170 Å². The monoisotopic (exact) mass is 404 g/mol. The lowest BCUT2D eigenvalue weighted by Gasteiger charge is -2.23. The summed E-state index contributed by atoms with van der Waals surface area (Å²) in [7, 11) is 1.48. The molecule has 29 heavy (non-hydrogen) atoms. The van der Waals surface area contributed by atoms with Gasteiger partial charge in [0.15, 0.2) is 18.1 Å². The molecule has 1 aromatic rings. The molecule has 0 spiro atoms. The maximum atomic E-state index is 12.0. The predicted molar refractivity (Wildman–Crippen MR) is 108 cm³/mol. The molecule has 2 rings (SSSR count). The number of fused-ring (bicyclic) bond motifs is 1. The van der Waals surface area contributed by atoms with Crippen LogP contribution < -0.4 is 14.8 Å². The Morgan fingerprint density at radius 2 is 1.86 bits per heavy atom. The van der Waals surface area contributed by atoms with E-state index in [0.717, 1.165) is 12.0 Å². The zero-order chi connectivity index (χ0) is 21.4. The van der Waals surface area contributed by atoms with Crippen LogP contribution in [0.1, 0.15) is 32.8 Å². The molecule has 0 aromatic heterocycles. The highest BCUT2D eigenvalue weighted by atomic mass is 16.5. The maximum absolute atomic E-state index is 12.0. The fraction of sp³-hybridized carbons (Fsp3) is 0.476. The van der Waals surface area contributed by atoms with Crippen molar-refractivity contribution in [3.8, 4) is 11.5 Å². The third-order valence-electron chi connectivity index (χ3n) is 3.84. The fourth-order valence-corrected chi connectivity index (χ4v) is 2.50. The van der Waals surface area contributed by atoms with Crippen LogP contribution in [0.5, 0.6) is 11.5 Å². The first kappa shape index (κ1) is 22.3. The number of hydrogen-bond acceptors (Lipinski definition) is 6. The SMILES string of the molecule is CN(CC(=O)NC(C)(C)C)C(=O)COC(=O)/C=C/c1ccc2c(c1)OCCCO2. The van der Waals surface area contributed by atoms with E-state index in [2.05, 4.69) is 5.32 Å². The van der Waals surface area contributed by atoms with Gasteiger partial charge in [0.25, 0.3) is 5.91 Å². The molecule has 1 aliphatic rings. The third-order valence-corrected chi connectivity index (χ3v) is 3.84. The molecule has 0 saturated carbocycles. The van der Waals surface area contributed by atoms with E-state index < -0.39 is 18.5 Å². The number of amides is 2. The van der Waals surface area contributed by atoms with Gasteiger partial charge >= 0.3 is 5.97 Å². The lowest BCUT2D eigenvalue weighted by atomic mass is 10.1. The van der Waals surface area contributed by atoms with Crippen LogP contribution in [0.3, 0.4) is 0 Å². The summed E-state index contributed by atoms with van der Waals surface area (Å²) in [6.07, 6.45) is 3.62. The van der Waals surface area contributed by atoms with Gasteiger partial charge in [-0.05, 0) is 44.5 Å². The van der Waals surface area contributed by atoms with Crippen molar-refractivity contribution in [1.82, 2.24) is 10.2 Å². The molecular weight excluding hydrogens is 376 g/mol. The Kier molecular flexibility index (Phi) is 7.64. The lowest BCUT2D eigenvalue weighted by molar-refractivity contribution is -0.148. The number of carbonyl (C=O) groups excluding carboxylic acids is 3. The molecule has 8 nitrogen and oxygen atoms in total. The third kappa shape index (κ3) is 7.85. The largest absolute Gasteiger partial charge is 0.490 e. The van der Waals surface area contributed by atoms with Crippen LogP contribution in [0, 0.1) is 0 Å². The summed E-state index contributed by atoms with van der Waals surface area (Å²) >= 11 is 0. The Morgan fingerprint density at radius 3 is 2.55 bits per heavy atom. The topological polar surface area (TPSA) is 94.2 Å². The summed E-state index contributed by atoms with van der Waals surface area (Å²) in [4.78, 5) is 37.0. The Hall–Kier alpha value is -3.03. The van der Waals surface area contributed by atoms with Gasteiger partial charge < -0.3 is 24.4 Å². The summed E-state index contributed by atoms with van der Waals surface area (Å²) in [6.45, 7) is 6.18. The molecule has 1 N–H and O–H groups in total. The number of benzene rings is 1. The van der Waals surface area contributed by atoms with Gasteiger partial charge in [-0.2, -0.15) is 0 Å². The van der Waals surface area contributed by atoms with Crippen molar-refractivity contribution < 1.29 is 28.6 Å². The standard InChI is InChI=1S/C21H28N2O6/c1-21(2,3)22-18(24)13-23(4)19(25)14-29-20(26)9-7-15-6-8-16-17(12-15)28-11-5-10-27-16/h6-9,12H,5,10-11,13-14H2,1-4H3,(H,22,24)/b9-7+. The molecular formula is C21H28N2O6. The Balaban J connectivity index is 1.81. The number of nitrogens with one attached hydrogen (secondary N) is 1. The number of carbonyl (C=O) groups is 3. The van der Waals surface area contributed by atoms with Crippen molar-refractivity contribution >= 4 is 23.9 Å². The van der Waals surface area contributed by atoms with E-state index in [-0.39, 0.29) is 18.0 Å². The van der Waals surface area contributed by atoms with Crippen LogP contribution in [-0.4, -0.2) is 61.6 Å². The molecule has 1 aromatic carbocycles. The maximum Gasteiger partial charge on any atom is 0.331 e. The first-order chi connectivity index (χ1) is 13.6. The van der Waals surface area contributed by atoms with Crippen molar-refractivity contribution in [2.45, 2.75) is 32.7 Å². The number of likely N-dealkylation sites (N-methyl/N-ethyl adjacent to an activating group) is 1. The van der Waals surface area contributed by atoms with E-state index in [0.29, 0.717) is 24.7 Å². The molecule has 1 heterocycles. The minimum Gasteiger partial charge on any atom is -0.490 e. The molecule has 0 bridgehead atoms. The second-order valence-corrected chi connectivity index (χ2v) is 7.75. The number of hydrogen-bond donors (Lipinski definition) is 1. The Morgan fingerprint density at radius 1 is 1.17 bits per heavy atom. The van der Waals surface area contributed by atoms with Gasteiger partial charge in [0.05, 0.1) is 19.8 Å². The zero-order valence-electron chi connectivity index (χ0n) is 17.3. The van der Waals surface area contributed by atoms with Crippen LogP contribution >= 0.6 is 0 Å². The number of esters is 1. The first-order valence-electron chi connectivity index (χ1n) is 9.43. The predicted octanol–water partition coefficient (Wildman–Crippen LogP) is 1.78. The molecule has 0 radical (unpaired) electrons. The summed E-state index contributed by atoms with van der Waals surface area (Å²) in [5.41, 5.74) is 0.360. The fourth-order valence-electron chi connectivity index (χ4n) is 2.50. The molecule has 0 unspecified atom stereocenters. The molecule has 0 saturated heterocycles. The highest BCUT2D eigenvalue weighted by Crippen LogP contribution is 2.30. The van der Waals surface area contributed by atoms with Crippen LogP contribution in [0.2, 0.25) is 0 Å². The van der Waals surface area contributed by atoms with Crippen molar-refractivity contribution in [3.63, 3.8) is 0 Å². The molecule has 0 fully saturated rings. The van der Waals surface area contributed by atoms with E-state index in [1.165, 1.54) is 18.0 Å². The van der Waals surface area contributed by atoms with Crippen LogP contribution in [0.15, 0.2) is 24.3 Å². The summed E-state index contributed by atoms with van der Waals surface area (Å²) in [5, 5.41) is 2.76. The molecule has 2 amide bonds. The highest BCUT2D eigenvalue weighted by Gasteiger charge is 2.18. The van der Waals surface area contributed by atoms with E-state index in [4.69, 9.17) is 14.2 Å². The van der Waals surface area contributed by atoms with Crippen molar-refractivity contribution in [2.75, 3.05) is 33.4 Å². The lowest BCUT2D eigenvalue weighted by Crippen LogP contribution is -2.46. The quantitative estimate of drug-likeness (QED) is 0.574. The van der Waals surface area contributed by atoms with Crippen LogP contribution in [-0.2, 0) is 19.1 Å². The van der Waals surface area contributed by atoms with Gasteiger partial charge in [0.1, 0.15) is 0 Å². The molecule has 1 aliphatic heterocycles. The van der Waals surface area contributed by atoms with Crippen molar-refractivity contribution in [1.29, 1.82) is 0 Å². The second-order valence-electron chi connectivity index (χ2n) is 7.75. The molecule has 0 aliphatic carbocycles. The van der Waals surface area contributed by atoms with Gasteiger partial charge in [-0.15, -0.1) is 0 Å². The van der Waals surface area contributed by atoms with Crippen LogP contribution in [0.25, 0.3) is 6.08 Å². The summed E-state index contributed by atoms with van der Waals surface area (Å²) in [6, 6.07) is 5.36. The van der Waals surface area contributed by atoms with E-state index in [9.17, 15) is 14.4 Å². The average Bonchev–Trinajstić information content (AvgIpc) is 2.87. The number of rotatable bonds is 6. The van der Waals surface area contributed by atoms with Gasteiger partial charge in [0.2, 0.25) is 5.91 Å². The highest BCUT2D eigenvalue weighted by molar-refractivity contribution is 5.90. The van der Waals surface area contributed by atoms with E-state index in [1.54, 1.807) is 24.3 Å². The second kappa shape index (κ2) is 9.95. The molecule has 8 heteroatoms. The molecule has 158 valence electrons. The van der Waals surface area contributed by atoms with E-state index in [1.807, 2.05) is 20.8 Å². The van der Waals surface area contributed by atoms with Crippen molar-refractivity contribution in [3.05, 3.63) is 29.8 Å². The molecule has 0 atom stereocenters. The normalized spacial score (nSPS) is 13.5. The number of nitrogens with zero attached hydrogens (tertiary/aromatic N) is 1. The van der Waals surface area contributed by atoms with Crippen LogP contribution in [0.4, 0.5) is 0 Å². The van der Waals surface area contributed by atoms with Gasteiger partial charge in [-0.25, -0.2) is 4.79 Å². The smallest absolute Gasteiger partial charge is 0.331 e. The first-order valence-corrected chi connectivity index (χ1v) is 9.43. The minimum absolute atomic E-state index is 0.110. The van der Waals surface area contributed by atoms with Gasteiger partial charge in [-0.1, -0.05) is 6.07 Å². The summed E-state index contributed by atoms with van der Waals surface area (Å²) < 4.78 is 16.1. The summed E-state index contributed by atoms with van der Waals surface area (Å²) in [5.74, 6) is -0.104. The Bertz CT molecular complexity index is 782. The minimum atomic E-state index is -0.655. The van der Waals surface area contributed by atoms with Gasteiger partial charge in [-0.3, -0.25) is 9.59 Å². The van der Waals surface area contributed by atoms with E-state index >= 15 is 0 Å². The average molecular weight is 404 g/mol. The number of ether oxygens (including phenoxy) is 3. The van der Waals surface area contributed by atoms with Crippen molar-refractivity contribution in [2.24, 2.45) is 0 Å².